The first-order valence-electron chi connectivity index (χ1n) is 6.56. The zero-order valence-electron chi connectivity index (χ0n) is 12.5. The summed E-state index contributed by atoms with van der Waals surface area (Å²) in [4.78, 5) is 13.8. The highest BCUT2D eigenvalue weighted by Crippen LogP contribution is 2.24. The zero-order chi connectivity index (χ0) is 17.0. The van der Waals surface area contributed by atoms with Crippen molar-refractivity contribution in [3.63, 3.8) is 0 Å². The molecule has 2 N–H and O–H groups in total. The number of carbonyl (C=O) groups is 1. The molecular formula is C15H15FN2O4S. The van der Waals surface area contributed by atoms with Gasteiger partial charge in [0.05, 0.1) is 7.11 Å². The summed E-state index contributed by atoms with van der Waals surface area (Å²) in [6.45, 7) is 1.73. The largest absolute Gasteiger partial charge is 0.495 e. The SMILES string of the molecule is COc1ccc(C)cc1S(=O)(=O)NNC(=O)c1ccc(F)cc1. The van der Waals surface area contributed by atoms with Crippen LogP contribution in [0.3, 0.4) is 0 Å². The second kappa shape index (κ2) is 6.76. The summed E-state index contributed by atoms with van der Waals surface area (Å²) in [6.07, 6.45) is 0. The molecule has 6 nitrogen and oxygen atoms in total. The van der Waals surface area contributed by atoms with E-state index in [2.05, 4.69) is 5.43 Å². The lowest BCUT2D eigenvalue weighted by Gasteiger charge is -2.12. The first-order valence-corrected chi connectivity index (χ1v) is 8.04. The lowest BCUT2D eigenvalue weighted by Crippen LogP contribution is -2.41. The standard InChI is InChI=1S/C15H15FN2O4S/c1-10-3-8-13(22-2)14(9-10)23(20,21)18-17-15(19)11-4-6-12(16)7-5-11/h3-9,18H,1-2H3,(H,17,19). The van der Waals surface area contributed by atoms with Crippen molar-refractivity contribution in [1.82, 2.24) is 10.3 Å². The predicted octanol–water partition coefficient (Wildman–Crippen LogP) is 1.77. The van der Waals surface area contributed by atoms with Gasteiger partial charge in [-0.05, 0) is 48.9 Å². The summed E-state index contributed by atoms with van der Waals surface area (Å²) in [7, 11) is -2.67. The van der Waals surface area contributed by atoms with E-state index in [-0.39, 0.29) is 16.2 Å². The van der Waals surface area contributed by atoms with E-state index in [0.717, 1.165) is 17.7 Å². The molecule has 0 fully saturated rings. The Morgan fingerprint density at radius 1 is 1.13 bits per heavy atom. The zero-order valence-corrected chi connectivity index (χ0v) is 13.3. The minimum absolute atomic E-state index is 0.0978. The predicted molar refractivity (Wildman–Crippen MR) is 81.9 cm³/mol. The summed E-state index contributed by atoms with van der Waals surface area (Å²) >= 11 is 0. The third kappa shape index (κ3) is 4.05. The number of halogens is 1. The van der Waals surface area contributed by atoms with Gasteiger partial charge in [0.25, 0.3) is 15.9 Å². The molecule has 2 aromatic rings. The molecule has 8 heteroatoms. The average molecular weight is 338 g/mol. The Labute approximate surface area is 133 Å². The van der Waals surface area contributed by atoms with Crippen molar-refractivity contribution in [3.05, 3.63) is 59.4 Å². The fraction of sp³-hybridized carbons (Fsp3) is 0.133. The van der Waals surface area contributed by atoms with Crippen molar-refractivity contribution in [2.75, 3.05) is 7.11 Å². The number of hydrazine groups is 1. The topological polar surface area (TPSA) is 84.5 Å². The summed E-state index contributed by atoms with van der Waals surface area (Å²) in [5, 5.41) is 0. The molecule has 0 aliphatic heterocycles. The number of hydrogen-bond acceptors (Lipinski definition) is 4. The molecule has 0 atom stereocenters. The quantitative estimate of drug-likeness (QED) is 0.814. The van der Waals surface area contributed by atoms with Crippen molar-refractivity contribution in [3.8, 4) is 5.75 Å². The Morgan fingerprint density at radius 2 is 1.78 bits per heavy atom. The molecule has 0 aliphatic carbocycles. The second-order valence-corrected chi connectivity index (χ2v) is 6.37. The fourth-order valence-electron chi connectivity index (χ4n) is 1.84. The van der Waals surface area contributed by atoms with Crippen LogP contribution in [0, 0.1) is 12.7 Å². The molecule has 1 amide bonds. The Balaban J connectivity index is 2.17. The molecule has 0 heterocycles. The molecule has 122 valence electrons. The molecular weight excluding hydrogens is 323 g/mol. The number of ether oxygens (including phenoxy) is 1. The number of sulfonamides is 1. The summed E-state index contributed by atoms with van der Waals surface area (Å²) in [5.74, 6) is -1.05. The third-order valence-corrected chi connectivity index (χ3v) is 4.28. The van der Waals surface area contributed by atoms with Gasteiger partial charge in [-0.15, -0.1) is 4.83 Å². The minimum atomic E-state index is -4.02. The van der Waals surface area contributed by atoms with Crippen LogP contribution in [0.1, 0.15) is 15.9 Å². The van der Waals surface area contributed by atoms with Gasteiger partial charge < -0.3 is 4.74 Å². The van der Waals surface area contributed by atoms with E-state index in [9.17, 15) is 17.6 Å². The average Bonchev–Trinajstić information content (AvgIpc) is 2.53. The number of methoxy groups -OCH3 is 1. The maximum Gasteiger partial charge on any atom is 0.266 e. The molecule has 0 radical (unpaired) electrons. The normalized spacial score (nSPS) is 11.1. The second-order valence-electron chi connectivity index (χ2n) is 4.72. The van der Waals surface area contributed by atoms with Crippen molar-refractivity contribution < 1.29 is 22.3 Å². The van der Waals surface area contributed by atoms with Gasteiger partial charge in [0.2, 0.25) is 0 Å². The van der Waals surface area contributed by atoms with Crippen LogP contribution < -0.4 is 15.0 Å². The van der Waals surface area contributed by atoms with E-state index >= 15 is 0 Å². The van der Waals surface area contributed by atoms with Crippen LogP contribution >= 0.6 is 0 Å². The molecule has 0 saturated heterocycles. The van der Waals surface area contributed by atoms with Gasteiger partial charge in [-0.3, -0.25) is 10.2 Å². The van der Waals surface area contributed by atoms with Crippen LogP contribution in [0.5, 0.6) is 5.75 Å². The van der Waals surface area contributed by atoms with E-state index in [1.165, 1.54) is 31.4 Å². The molecule has 2 aromatic carbocycles. The fourth-order valence-corrected chi connectivity index (χ4v) is 2.93. The molecule has 0 saturated carbocycles. The minimum Gasteiger partial charge on any atom is -0.495 e. The van der Waals surface area contributed by atoms with E-state index in [1.54, 1.807) is 13.0 Å². The Bertz CT molecular complexity index is 820. The monoisotopic (exact) mass is 338 g/mol. The number of hydrogen-bond donors (Lipinski definition) is 2. The van der Waals surface area contributed by atoms with Crippen LogP contribution in [0.15, 0.2) is 47.4 Å². The number of aryl methyl sites for hydroxylation is 1. The van der Waals surface area contributed by atoms with Gasteiger partial charge in [-0.2, -0.15) is 0 Å². The van der Waals surface area contributed by atoms with Gasteiger partial charge in [-0.1, -0.05) is 6.07 Å². The first-order chi connectivity index (χ1) is 10.8. The molecule has 0 aromatic heterocycles. The smallest absolute Gasteiger partial charge is 0.266 e. The van der Waals surface area contributed by atoms with Gasteiger partial charge in [0.15, 0.2) is 0 Å². The Kier molecular flexibility index (Phi) is 4.97. The number of rotatable bonds is 5. The first kappa shape index (κ1) is 16.9. The van der Waals surface area contributed by atoms with E-state index in [4.69, 9.17) is 4.74 Å². The van der Waals surface area contributed by atoms with Crippen LogP contribution in [-0.4, -0.2) is 21.4 Å². The summed E-state index contributed by atoms with van der Waals surface area (Å²) in [6, 6.07) is 9.34. The van der Waals surface area contributed by atoms with E-state index < -0.39 is 21.7 Å². The van der Waals surface area contributed by atoms with E-state index in [1.807, 2.05) is 4.83 Å². The molecule has 23 heavy (non-hydrogen) atoms. The molecule has 0 aliphatic rings. The summed E-state index contributed by atoms with van der Waals surface area (Å²) in [5.41, 5.74) is 2.91. The Morgan fingerprint density at radius 3 is 2.39 bits per heavy atom. The lowest BCUT2D eigenvalue weighted by atomic mass is 10.2. The van der Waals surface area contributed by atoms with Crippen molar-refractivity contribution in [2.45, 2.75) is 11.8 Å². The lowest BCUT2D eigenvalue weighted by molar-refractivity contribution is 0.0945. The highest BCUT2D eigenvalue weighted by Gasteiger charge is 2.20. The van der Waals surface area contributed by atoms with Crippen molar-refractivity contribution >= 4 is 15.9 Å². The third-order valence-electron chi connectivity index (χ3n) is 3.01. The van der Waals surface area contributed by atoms with Gasteiger partial charge in [0.1, 0.15) is 16.5 Å². The molecule has 2 rings (SSSR count). The maximum atomic E-state index is 12.8. The molecule has 0 unspecified atom stereocenters. The number of amides is 1. The highest BCUT2D eigenvalue weighted by atomic mass is 32.2. The van der Waals surface area contributed by atoms with Crippen LogP contribution in [0.25, 0.3) is 0 Å². The van der Waals surface area contributed by atoms with Crippen LogP contribution in [-0.2, 0) is 10.0 Å². The van der Waals surface area contributed by atoms with E-state index in [0.29, 0.717) is 0 Å². The van der Waals surface area contributed by atoms with Gasteiger partial charge >= 0.3 is 0 Å². The molecule has 0 bridgehead atoms. The number of benzene rings is 2. The number of carbonyl (C=O) groups excluding carboxylic acids is 1. The van der Waals surface area contributed by atoms with Crippen LogP contribution in [0.2, 0.25) is 0 Å². The highest BCUT2D eigenvalue weighted by molar-refractivity contribution is 7.89. The van der Waals surface area contributed by atoms with Crippen molar-refractivity contribution in [1.29, 1.82) is 0 Å². The Hall–Kier alpha value is -2.45. The summed E-state index contributed by atoms with van der Waals surface area (Å²) < 4.78 is 42.4. The number of nitrogens with one attached hydrogen (secondary N) is 2. The maximum absolute atomic E-state index is 12.8. The van der Waals surface area contributed by atoms with Crippen molar-refractivity contribution in [2.24, 2.45) is 0 Å². The van der Waals surface area contributed by atoms with Gasteiger partial charge in [-0.25, -0.2) is 12.8 Å². The van der Waals surface area contributed by atoms with Crippen LogP contribution in [0.4, 0.5) is 4.39 Å². The van der Waals surface area contributed by atoms with Gasteiger partial charge in [0, 0.05) is 5.56 Å². The molecule has 0 spiro atoms.